The van der Waals surface area contributed by atoms with Crippen molar-refractivity contribution in [3.8, 4) is 0 Å². The van der Waals surface area contributed by atoms with Crippen molar-refractivity contribution < 1.29 is 23.6 Å². The molecule has 0 heterocycles. The van der Waals surface area contributed by atoms with E-state index in [0.29, 0.717) is 0 Å². The van der Waals surface area contributed by atoms with Crippen LogP contribution in [0.4, 0.5) is 15.8 Å². The van der Waals surface area contributed by atoms with Crippen LogP contribution in [0.25, 0.3) is 0 Å². The number of rotatable bonds is 3. The molecule has 0 aliphatic carbocycles. The van der Waals surface area contributed by atoms with E-state index in [2.05, 4.69) is 4.74 Å². The number of amides is 1. The molecule has 96 valence electrons. The minimum Gasteiger partial charge on any atom is -0.459 e. The first kappa shape index (κ1) is 13.6. The standard InChI is InChI=1S/C10H9FN2O5/c1-2-18-10(15)9(14)12-8-5-6(13(16)17)3-4-7(8)11/h3-5H,2H2,1H3,(H,12,14). The van der Waals surface area contributed by atoms with E-state index in [1.807, 2.05) is 5.32 Å². The highest BCUT2D eigenvalue weighted by Crippen LogP contribution is 2.21. The molecule has 1 N–H and O–H groups in total. The molecule has 0 aliphatic heterocycles. The maximum absolute atomic E-state index is 13.3. The Hall–Kier alpha value is -2.51. The van der Waals surface area contributed by atoms with Crippen LogP contribution in [-0.4, -0.2) is 23.4 Å². The van der Waals surface area contributed by atoms with Gasteiger partial charge in [-0.1, -0.05) is 0 Å². The zero-order valence-electron chi connectivity index (χ0n) is 9.31. The van der Waals surface area contributed by atoms with Crippen LogP contribution < -0.4 is 5.32 Å². The van der Waals surface area contributed by atoms with E-state index in [-0.39, 0.29) is 6.61 Å². The molecule has 1 aromatic carbocycles. The summed E-state index contributed by atoms with van der Waals surface area (Å²) in [5.74, 6) is -3.28. The lowest BCUT2D eigenvalue weighted by atomic mass is 10.2. The molecule has 0 radical (unpaired) electrons. The molecule has 0 aromatic heterocycles. The van der Waals surface area contributed by atoms with E-state index in [0.717, 1.165) is 18.2 Å². The average Bonchev–Trinajstić information content (AvgIpc) is 2.31. The molecule has 1 amide bonds. The van der Waals surface area contributed by atoms with Crippen molar-refractivity contribution in [3.05, 3.63) is 34.1 Å². The smallest absolute Gasteiger partial charge is 0.397 e. The van der Waals surface area contributed by atoms with E-state index in [9.17, 15) is 24.1 Å². The SMILES string of the molecule is CCOC(=O)C(=O)Nc1cc([N+](=O)[O-])ccc1F. The zero-order chi connectivity index (χ0) is 13.7. The fourth-order valence-corrected chi connectivity index (χ4v) is 1.09. The molecule has 0 saturated carbocycles. The summed E-state index contributed by atoms with van der Waals surface area (Å²) in [7, 11) is 0. The van der Waals surface area contributed by atoms with E-state index in [1.54, 1.807) is 0 Å². The molecule has 0 fully saturated rings. The number of nitro groups is 1. The van der Waals surface area contributed by atoms with Gasteiger partial charge in [-0.05, 0) is 13.0 Å². The third-order valence-corrected chi connectivity index (χ3v) is 1.87. The van der Waals surface area contributed by atoms with Gasteiger partial charge >= 0.3 is 11.9 Å². The van der Waals surface area contributed by atoms with E-state index >= 15 is 0 Å². The van der Waals surface area contributed by atoms with Crippen LogP contribution in [0.15, 0.2) is 18.2 Å². The fourth-order valence-electron chi connectivity index (χ4n) is 1.09. The summed E-state index contributed by atoms with van der Waals surface area (Å²) < 4.78 is 17.6. The highest BCUT2D eigenvalue weighted by Gasteiger charge is 2.18. The normalized spacial score (nSPS) is 9.67. The number of carbonyl (C=O) groups excluding carboxylic acids is 2. The summed E-state index contributed by atoms with van der Waals surface area (Å²) in [5.41, 5.74) is -0.863. The largest absolute Gasteiger partial charge is 0.459 e. The van der Waals surface area contributed by atoms with E-state index in [4.69, 9.17) is 0 Å². The van der Waals surface area contributed by atoms with Gasteiger partial charge in [-0.25, -0.2) is 9.18 Å². The topological polar surface area (TPSA) is 98.5 Å². The average molecular weight is 256 g/mol. The summed E-state index contributed by atoms with van der Waals surface area (Å²) >= 11 is 0. The summed E-state index contributed by atoms with van der Waals surface area (Å²) in [6.45, 7) is 1.49. The third kappa shape index (κ3) is 3.24. The molecule has 7 nitrogen and oxygen atoms in total. The molecular formula is C10H9FN2O5. The molecule has 1 rings (SSSR count). The number of nitrogens with one attached hydrogen (secondary N) is 1. The number of hydrogen-bond donors (Lipinski definition) is 1. The number of benzene rings is 1. The van der Waals surface area contributed by atoms with Crippen LogP contribution >= 0.6 is 0 Å². The van der Waals surface area contributed by atoms with Gasteiger partial charge in [0.25, 0.3) is 5.69 Å². The number of anilines is 1. The van der Waals surface area contributed by atoms with Gasteiger partial charge in [0.1, 0.15) is 5.82 Å². The molecule has 0 aliphatic rings. The third-order valence-electron chi connectivity index (χ3n) is 1.87. The maximum Gasteiger partial charge on any atom is 0.397 e. The summed E-state index contributed by atoms with van der Waals surface area (Å²) in [6, 6.07) is 2.57. The number of halogens is 1. The van der Waals surface area contributed by atoms with Crippen LogP contribution in [-0.2, 0) is 14.3 Å². The zero-order valence-corrected chi connectivity index (χ0v) is 9.31. The molecule has 18 heavy (non-hydrogen) atoms. The van der Waals surface area contributed by atoms with Crippen molar-refractivity contribution in [2.75, 3.05) is 11.9 Å². The van der Waals surface area contributed by atoms with Crippen LogP contribution in [0.2, 0.25) is 0 Å². The number of nitro benzene ring substituents is 1. The van der Waals surface area contributed by atoms with Gasteiger partial charge in [-0.2, -0.15) is 0 Å². The quantitative estimate of drug-likeness (QED) is 0.379. The summed E-state index contributed by atoms with van der Waals surface area (Å²) in [5, 5.41) is 12.4. The van der Waals surface area contributed by atoms with Crippen molar-refractivity contribution in [2.45, 2.75) is 6.92 Å². The first-order valence-electron chi connectivity index (χ1n) is 4.87. The first-order valence-corrected chi connectivity index (χ1v) is 4.87. The second-order valence-electron chi connectivity index (χ2n) is 3.10. The Labute approximate surface area is 101 Å². The lowest BCUT2D eigenvalue weighted by molar-refractivity contribution is -0.384. The van der Waals surface area contributed by atoms with Crippen molar-refractivity contribution in [1.29, 1.82) is 0 Å². The number of carbonyl (C=O) groups is 2. The fraction of sp³-hybridized carbons (Fsp3) is 0.200. The second kappa shape index (κ2) is 5.71. The Bertz CT molecular complexity index is 503. The van der Waals surface area contributed by atoms with Crippen molar-refractivity contribution in [2.24, 2.45) is 0 Å². The van der Waals surface area contributed by atoms with Gasteiger partial charge in [0.2, 0.25) is 0 Å². The van der Waals surface area contributed by atoms with Gasteiger partial charge in [-0.3, -0.25) is 14.9 Å². The molecule has 8 heteroatoms. The van der Waals surface area contributed by atoms with Crippen molar-refractivity contribution in [3.63, 3.8) is 0 Å². The maximum atomic E-state index is 13.3. The van der Waals surface area contributed by atoms with Crippen molar-refractivity contribution in [1.82, 2.24) is 0 Å². The highest BCUT2D eigenvalue weighted by molar-refractivity contribution is 6.37. The number of ether oxygens (including phenoxy) is 1. The van der Waals surface area contributed by atoms with Gasteiger partial charge in [-0.15, -0.1) is 0 Å². The highest BCUT2D eigenvalue weighted by atomic mass is 19.1. The molecular weight excluding hydrogens is 247 g/mol. The monoisotopic (exact) mass is 256 g/mol. The molecule has 0 unspecified atom stereocenters. The van der Waals surface area contributed by atoms with Gasteiger partial charge in [0, 0.05) is 12.1 Å². The molecule has 1 aromatic rings. The van der Waals surface area contributed by atoms with Crippen LogP contribution in [0.3, 0.4) is 0 Å². The second-order valence-corrected chi connectivity index (χ2v) is 3.10. The van der Waals surface area contributed by atoms with Crippen LogP contribution in [0.1, 0.15) is 6.92 Å². The Morgan fingerprint density at radius 2 is 2.17 bits per heavy atom. The first-order chi connectivity index (χ1) is 8.45. The van der Waals surface area contributed by atoms with E-state index in [1.165, 1.54) is 6.92 Å². The van der Waals surface area contributed by atoms with Crippen molar-refractivity contribution >= 4 is 23.3 Å². The minimum atomic E-state index is -1.20. The molecule has 0 spiro atoms. The van der Waals surface area contributed by atoms with Gasteiger partial charge < -0.3 is 10.1 Å². The molecule has 0 bridgehead atoms. The molecule has 0 atom stereocenters. The lowest BCUT2D eigenvalue weighted by Crippen LogP contribution is -2.25. The van der Waals surface area contributed by atoms with Gasteiger partial charge in [0.05, 0.1) is 17.2 Å². The van der Waals surface area contributed by atoms with Crippen LogP contribution in [0, 0.1) is 15.9 Å². The van der Waals surface area contributed by atoms with Crippen LogP contribution in [0.5, 0.6) is 0 Å². The Kier molecular flexibility index (Phi) is 4.30. The number of esters is 1. The Morgan fingerprint density at radius 1 is 1.50 bits per heavy atom. The predicted molar refractivity (Wildman–Crippen MR) is 58.3 cm³/mol. The predicted octanol–water partition coefficient (Wildman–Crippen LogP) is 1.24. The molecule has 0 saturated heterocycles. The van der Waals surface area contributed by atoms with Gasteiger partial charge in [0.15, 0.2) is 0 Å². The lowest BCUT2D eigenvalue weighted by Gasteiger charge is -2.05. The summed E-state index contributed by atoms with van der Waals surface area (Å²) in [6.07, 6.45) is 0. The van der Waals surface area contributed by atoms with E-state index < -0.39 is 34.0 Å². The minimum absolute atomic E-state index is 0.0102. The Balaban J connectivity index is 2.90. The number of non-ortho nitro benzene ring substituents is 1. The summed E-state index contributed by atoms with van der Waals surface area (Å²) in [4.78, 5) is 31.9. The Morgan fingerprint density at radius 3 is 2.72 bits per heavy atom. The number of nitrogens with zero attached hydrogens (tertiary/aromatic N) is 1. The number of hydrogen-bond acceptors (Lipinski definition) is 5.